The van der Waals surface area contributed by atoms with Crippen molar-refractivity contribution >= 4 is 17.9 Å². The van der Waals surface area contributed by atoms with Crippen LogP contribution >= 0.6 is 0 Å². The average molecular weight is 927 g/mol. The smallest absolute Gasteiger partial charge is 0.306 e. The minimum atomic E-state index is -0.813. The summed E-state index contributed by atoms with van der Waals surface area (Å²) < 4.78 is 16.8. The normalized spacial score (nSPS) is 13.1. The van der Waals surface area contributed by atoms with Gasteiger partial charge in [-0.15, -0.1) is 0 Å². The van der Waals surface area contributed by atoms with E-state index in [-0.39, 0.29) is 37.5 Å². The molecule has 0 N–H and O–H groups in total. The Morgan fingerprint density at radius 1 is 0.328 bits per heavy atom. The Morgan fingerprint density at radius 2 is 0.642 bits per heavy atom. The molecule has 6 heteroatoms. The Balaban J connectivity index is 4.54. The van der Waals surface area contributed by atoms with Crippen molar-refractivity contribution in [1.29, 1.82) is 0 Å². The molecule has 1 atom stereocenters. The number of unbranched alkanes of at least 4 members (excludes halogenated alkanes) is 20. The fourth-order valence-electron chi connectivity index (χ4n) is 6.96. The summed E-state index contributed by atoms with van der Waals surface area (Å²) in [5, 5.41) is 0. The van der Waals surface area contributed by atoms with Crippen LogP contribution in [-0.4, -0.2) is 37.2 Å². The molecule has 0 spiro atoms. The third kappa shape index (κ3) is 52.6. The van der Waals surface area contributed by atoms with Crippen molar-refractivity contribution in [2.24, 2.45) is 0 Å². The summed E-state index contributed by atoms with van der Waals surface area (Å²) in [4.78, 5) is 38.1. The third-order valence-electron chi connectivity index (χ3n) is 11.0. The van der Waals surface area contributed by atoms with Gasteiger partial charge in [0.05, 0.1) is 0 Å². The molecule has 0 aliphatic carbocycles. The summed E-state index contributed by atoms with van der Waals surface area (Å²) >= 11 is 0. The SMILES string of the molecule is CC/C=C\C/C=C\C/C=C\C/C=C\CCCCCC(=O)OC(COC(=O)CCCCCCC\C=C/C=C\C=C/C=C\CCCCC)COC(=O)CCCCCCCC/C=C\C=C/CCCCC. The second-order valence-electron chi connectivity index (χ2n) is 17.5. The molecule has 1 unspecified atom stereocenters. The molecule has 0 aromatic carbocycles. The van der Waals surface area contributed by atoms with Crippen LogP contribution in [0.4, 0.5) is 0 Å². The predicted molar refractivity (Wildman–Crippen MR) is 288 cm³/mol. The minimum Gasteiger partial charge on any atom is -0.462 e. The fourth-order valence-corrected chi connectivity index (χ4v) is 6.96. The van der Waals surface area contributed by atoms with Crippen molar-refractivity contribution in [3.05, 3.63) is 122 Å². The molecule has 0 saturated heterocycles. The van der Waals surface area contributed by atoms with Crippen LogP contribution in [0.3, 0.4) is 0 Å². The predicted octanol–water partition coefficient (Wildman–Crippen LogP) is 18.1. The molecular formula is C61H98O6. The Bertz CT molecular complexity index is 1440. The maximum atomic E-state index is 12.8. The topological polar surface area (TPSA) is 78.9 Å². The van der Waals surface area contributed by atoms with E-state index < -0.39 is 6.10 Å². The molecule has 0 saturated carbocycles. The van der Waals surface area contributed by atoms with E-state index in [0.29, 0.717) is 19.3 Å². The number of carbonyl (C=O) groups is 3. The van der Waals surface area contributed by atoms with Gasteiger partial charge in [-0.2, -0.15) is 0 Å². The maximum absolute atomic E-state index is 12.8. The number of carbonyl (C=O) groups excluding carboxylic acids is 3. The highest BCUT2D eigenvalue weighted by molar-refractivity contribution is 5.71. The molecule has 6 nitrogen and oxygen atoms in total. The van der Waals surface area contributed by atoms with Gasteiger partial charge in [-0.25, -0.2) is 0 Å². The van der Waals surface area contributed by atoms with Crippen LogP contribution in [0.1, 0.15) is 226 Å². The minimum absolute atomic E-state index is 0.109. The van der Waals surface area contributed by atoms with E-state index in [1.807, 2.05) is 0 Å². The van der Waals surface area contributed by atoms with Gasteiger partial charge in [0.25, 0.3) is 0 Å². The van der Waals surface area contributed by atoms with Gasteiger partial charge in [0.15, 0.2) is 6.10 Å². The highest BCUT2D eigenvalue weighted by Crippen LogP contribution is 2.13. The Morgan fingerprint density at radius 3 is 1.07 bits per heavy atom. The van der Waals surface area contributed by atoms with Crippen LogP contribution in [0.5, 0.6) is 0 Å². The first kappa shape index (κ1) is 62.8. The molecule has 0 bridgehead atoms. The summed E-state index contributed by atoms with van der Waals surface area (Å²) in [6.07, 6.45) is 74.6. The molecule has 378 valence electrons. The van der Waals surface area contributed by atoms with Crippen LogP contribution in [0.15, 0.2) is 122 Å². The van der Waals surface area contributed by atoms with E-state index in [0.717, 1.165) is 122 Å². The average Bonchev–Trinajstić information content (AvgIpc) is 3.33. The lowest BCUT2D eigenvalue weighted by Gasteiger charge is -2.18. The molecular weight excluding hydrogens is 829 g/mol. The van der Waals surface area contributed by atoms with E-state index in [2.05, 4.69) is 142 Å². The summed E-state index contributed by atoms with van der Waals surface area (Å²) in [6.45, 7) is 6.39. The second kappa shape index (κ2) is 54.4. The van der Waals surface area contributed by atoms with Crippen LogP contribution < -0.4 is 0 Å². The van der Waals surface area contributed by atoms with Gasteiger partial charge in [0.1, 0.15) is 13.2 Å². The lowest BCUT2D eigenvalue weighted by Crippen LogP contribution is -2.30. The number of ether oxygens (including phenoxy) is 3. The van der Waals surface area contributed by atoms with Crippen molar-refractivity contribution in [2.45, 2.75) is 232 Å². The lowest BCUT2D eigenvalue weighted by atomic mass is 10.1. The van der Waals surface area contributed by atoms with E-state index >= 15 is 0 Å². The van der Waals surface area contributed by atoms with Gasteiger partial charge >= 0.3 is 17.9 Å². The summed E-state index contributed by atoms with van der Waals surface area (Å²) in [5.41, 5.74) is 0. The molecule has 0 aromatic rings. The fraction of sp³-hybridized carbons (Fsp3) is 0.623. The van der Waals surface area contributed by atoms with Gasteiger partial charge in [0.2, 0.25) is 0 Å². The van der Waals surface area contributed by atoms with Gasteiger partial charge in [-0.1, -0.05) is 219 Å². The van der Waals surface area contributed by atoms with E-state index in [1.54, 1.807) is 0 Å². The van der Waals surface area contributed by atoms with Crippen molar-refractivity contribution in [3.63, 3.8) is 0 Å². The first-order chi connectivity index (χ1) is 33.0. The Hall–Kier alpha value is -4.19. The summed E-state index contributed by atoms with van der Waals surface area (Å²) in [5.74, 6) is -0.979. The molecule has 0 aliphatic heterocycles. The second-order valence-corrected chi connectivity index (χ2v) is 17.5. The summed E-state index contributed by atoms with van der Waals surface area (Å²) in [7, 11) is 0. The van der Waals surface area contributed by atoms with E-state index in [4.69, 9.17) is 14.2 Å². The Kier molecular flexibility index (Phi) is 51.0. The van der Waals surface area contributed by atoms with Crippen LogP contribution in [0.25, 0.3) is 0 Å². The van der Waals surface area contributed by atoms with Gasteiger partial charge in [-0.05, 0) is 109 Å². The molecule has 0 amide bonds. The first-order valence-electron chi connectivity index (χ1n) is 27.1. The van der Waals surface area contributed by atoms with Gasteiger partial charge in [-0.3, -0.25) is 14.4 Å². The van der Waals surface area contributed by atoms with Crippen molar-refractivity contribution in [2.75, 3.05) is 13.2 Å². The Labute approximate surface area is 412 Å². The largest absolute Gasteiger partial charge is 0.462 e. The van der Waals surface area contributed by atoms with Gasteiger partial charge < -0.3 is 14.2 Å². The molecule has 0 fully saturated rings. The van der Waals surface area contributed by atoms with Crippen LogP contribution in [0.2, 0.25) is 0 Å². The van der Waals surface area contributed by atoms with Crippen LogP contribution in [-0.2, 0) is 28.6 Å². The van der Waals surface area contributed by atoms with Crippen molar-refractivity contribution < 1.29 is 28.6 Å². The number of rotatable bonds is 47. The molecule has 67 heavy (non-hydrogen) atoms. The highest BCUT2D eigenvalue weighted by atomic mass is 16.6. The number of hydrogen-bond donors (Lipinski definition) is 0. The van der Waals surface area contributed by atoms with Crippen molar-refractivity contribution in [1.82, 2.24) is 0 Å². The zero-order valence-corrected chi connectivity index (χ0v) is 43.1. The number of allylic oxidation sites excluding steroid dienone is 20. The molecule has 0 rings (SSSR count). The molecule has 0 radical (unpaired) electrons. The standard InChI is InChI=1S/C61H98O6/c1-4-7-10-13-16-19-22-25-28-30-31-34-36-39-42-45-48-51-54-60(63)66-57-58(56-65-59(62)53-50-47-44-41-38-35-32-27-24-21-18-15-12-9-6-3)67-61(64)55-52-49-46-43-40-37-33-29-26-23-20-17-14-11-8-5-2/h8,11,16-22,24-31,34,37,40,58H,4-7,9-10,12-15,23,32-33,35-36,38-39,41-57H2,1-3H3/b11-8-,19-16-,20-17-,21-18-,25-22-,27-24-,29-26-,30-28-,34-31-,40-37-. The monoisotopic (exact) mass is 927 g/mol. The number of esters is 3. The van der Waals surface area contributed by atoms with E-state index in [9.17, 15) is 14.4 Å². The van der Waals surface area contributed by atoms with Gasteiger partial charge in [0, 0.05) is 19.3 Å². The molecule has 0 aromatic heterocycles. The van der Waals surface area contributed by atoms with E-state index in [1.165, 1.54) is 57.8 Å². The maximum Gasteiger partial charge on any atom is 0.306 e. The lowest BCUT2D eigenvalue weighted by molar-refractivity contribution is -0.167. The molecule has 0 heterocycles. The number of hydrogen-bond acceptors (Lipinski definition) is 6. The quantitative estimate of drug-likeness (QED) is 0.0199. The third-order valence-corrected chi connectivity index (χ3v) is 11.0. The highest BCUT2D eigenvalue weighted by Gasteiger charge is 2.19. The van der Waals surface area contributed by atoms with Crippen LogP contribution in [0, 0.1) is 0 Å². The molecule has 0 aliphatic rings. The summed E-state index contributed by atoms with van der Waals surface area (Å²) in [6, 6.07) is 0. The zero-order chi connectivity index (χ0) is 48.6. The zero-order valence-electron chi connectivity index (χ0n) is 43.1. The first-order valence-corrected chi connectivity index (χ1v) is 27.1. The van der Waals surface area contributed by atoms with Crippen molar-refractivity contribution in [3.8, 4) is 0 Å².